The molecule has 0 aromatic heterocycles. The lowest BCUT2D eigenvalue weighted by Crippen LogP contribution is -2.28. The van der Waals surface area contributed by atoms with Gasteiger partial charge in [-0.1, -0.05) is 12.1 Å². The van der Waals surface area contributed by atoms with Gasteiger partial charge in [-0.25, -0.2) is 9.18 Å². The van der Waals surface area contributed by atoms with Gasteiger partial charge in [-0.05, 0) is 25.5 Å². The summed E-state index contributed by atoms with van der Waals surface area (Å²) in [6, 6.07) is 2.85. The van der Waals surface area contributed by atoms with Crippen molar-refractivity contribution >= 4 is 5.97 Å². The first-order valence-corrected chi connectivity index (χ1v) is 4.71. The third-order valence-corrected chi connectivity index (χ3v) is 2.07. The lowest BCUT2D eigenvalue weighted by atomic mass is 10.1. The maximum atomic E-state index is 13.4. The van der Waals surface area contributed by atoms with Crippen LogP contribution in [-0.4, -0.2) is 12.6 Å². The van der Waals surface area contributed by atoms with Gasteiger partial charge in [-0.15, -0.1) is 0 Å². The average Bonchev–Trinajstić information content (AvgIpc) is 2.22. The molecule has 0 amide bonds. The Kier molecular flexibility index (Phi) is 3.57. The van der Waals surface area contributed by atoms with Gasteiger partial charge in [-0.3, -0.25) is 0 Å². The standard InChI is InChI=1S/C11H11F3O2/c1-3-16-10(15)11(13,14)8-5-4-7(2)9(12)6-8/h4-6H,3H2,1-2H3. The Morgan fingerprint density at radius 1 is 1.44 bits per heavy atom. The quantitative estimate of drug-likeness (QED) is 0.749. The molecule has 1 aromatic carbocycles. The molecule has 0 N–H and O–H groups in total. The van der Waals surface area contributed by atoms with Gasteiger partial charge in [0, 0.05) is 5.56 Å². The molecule has 16 heavy (non-hydrogen) atoms. The van der Waals surface area contributed by atoms with Crippen LogP contribution in [0.5, 0.6) is 0 Å². The first-order valence-electron chi connectivity index (χ1n) is 4.71. The second kappa shape index (κ2) is 4.55. The molecule has 0 aliphatic rings. The van der Waals surface area contributed by atoms with Gasteiger partial charge in [0.25, 0.3) is 0 Å². The minimum atomic E-state index is -3.81. The number of aryl methyl sites for hydroxylation is 1. The highest BCUT2D eigenvalue weighted by Gasteiger charge is 2.42. The zero-order chi connectivity index (χ0) is 12.3. The first-order chi connectivity index (χ1) is 7.39. The van der Waals surface area contributed by atoms with Crippen LogP contribution in [0.15, 0.2) is 18.2 Å². The van der Waals surface area contributed by atoms with E-state index in [1.807, 2.05) is 0 Å². The lowest BCUT2D eigenvalue weighted by Gasteiger charge is -2.15. The fourth-order valence-electron chi connectivity index (χ4n) is 1.13. The van der Waals surface area contributed by atoms with Crippen LogP contribution in [0.1, 0.15) is 18.1 Å². The van der Waals surface area contributed by atoms with Crippen molar-refractivity contribution < 1.29 is 22.7 Å². The van der Waals surface area contributed by atoms with E-state index in [0.717, 1.165) is 6.07 Å². The summed E-state index contributed by atoms with van der Waals surface area (Å²) in [5.74, 6) is -6.26. The molecule has 2 nitrogen and oxygen atoms in total. The van der Waals surface area contributed by atoms with E-state index in [9.17, 15) is 18.0 Å². The van der Waals surface area contributed by atoms with E-state index in [4.69, 9.17) is 0 Å². The molecule has 0 radical (unpaired) electrons. The Balaban J connectivity index is 3.06. The first kappa shape index (κ1) is 12.5. The maximum Gasteiger partial charge on any atom is 0.381 e. The van der Waals surface area contributed by atoms with E-state index in [1.54, 1.807) is 0 Å². The number of rotatable bonds is 3. The zero-order valence-electron chi connectivity index (χ0n) is 8.89. The molecule has 0 fully saturated rings. The minimum Gasteiger partial charge on any atom is -0.461 e. The van der Waals surface area contributed by atoms with Crippen LogP contribution in [0.3, 0.4) is 0 Å². The minimum absolute atomic E-state index is 0.150. The monoisotopic (exact) mass is 232 g/mol. The van der Waals surface area contributed by atoms with E-state index in [0.29, 0.717) is 6.07 Å². The zero-order valence-corrected chi connectivity index (χ0v) is 8.89. The molecule has 0 bridgehead atoms. The van der Waals surface area contributed by atoms with Crippen LogP contribution in [0.4, 0.5) is 13.2 Å². The van der Waals surface area contributed by atoms with E-state index in [-0.39, 0.29) is 12.2 Å². The maximum absolute atomic E-state index is 13.4. The predicted octanol–water partition coefficient (Wildman–Crippen LogP) is 2.79. The number of esters is 1. The molecule has 0 spiro atoms. The van der Waals surface area contributed by atoms with Gasteiger partial charge < -0.3 is 4.74 Å². The second-order valence-electron chi connectivity index (χ2n) is 3.26. The molecule has 0 aliphatic carbocycles. The van der Waals surface area contributed by atoms with E-state index < -0.39 is 23.3 Å². The molecular formula is C11H11F3O2. The topological polar surface area (TPSA) is 26.3 Å². The summed E-state index contributed by atoms with van der Waals surface area (Å²) in [6.07, 6.45) is 0. The molecule has 0 saturated heterocycles. The smallest absolute Gasteiger partial charge is 0.381 e. The number of hydrogen-bond acceptors (Lipinski definition) is 2. The molecule has 0 atom stereocenters. The average molecular weight is 232 g/mol. The Bertz CT molecular complexity index is 402. The molecule has 1 rings (SSSR count). The van der Waals surface area contributed by atoms with Gasteiger partial charge in [0.05, 0.1) is 6.61 Å². The lowest BCUT2D eigenvalue weighted by molar-refractivity contribution is -0.173. The van der Waals surface area contributed by atoms with Crippen LogP contribution >= 0.6 is 0 Å². The molecule has 1 aromatic rings. The molecule has 0 heterocycles. The van der Waals surface area contributed by atoms with Crippen molar-refractivity contribution in [1.82, 2.24) is 0 Å². The van der Waals surface area contributed by atoms with Crippen LogP contribution in [0, 0.1) is 12.7 Å². The summed E-state index contributed by atoms with van der Waals surface area (Å²) >= 11 is 0. The van der Waals surface area contributed by atoms with E-state index in [2.05, 4.69) is 4.74 Å². The highest BCUT2D eigenvalue weighted by Crippen LogP contribution is 2.30. The fourth-order valence-corrected chi connectivity index (χ4v) is 1.13. The van der Waals surface area contributed by atoms with Crippen LogP contribution < -0.4 is 0 Å². The number of alkyl halides is 2. The van der Waals surface area contributed by atoms with E-state index in [1.165, 1.54) is 19.9 Å². The molecule has 88 valence electrons. The number of ether oxygens (including phenoxy) is 1. The highest BCUT2D eigenvalue weighted by molar-refractivity contribution is 5.79. The van der Waals surface area contributed by atoms with Crippen molar-refractivity contribution in [1.29, 1.82) is 0 Å². The van der Waals surface area contributed by atoms with Crippen LogP contribution in [0.2, 0.25) is 0 Å². The van der Waals surface area contributed by atoms with Crippen molar-refractivity contribution in [2.24, 2.45) is 0 Å². The van der Waals surface area contributed by atoms with Crippen molar-refractivity contribution in [3.63, 3.8) is 0 Å². The number of benzene rings is 1. The summed E-state index contributed by atoms with van der Waals surface area (Å²) in [5.41, 5.74) is -0.461. The largest absolute Gasteiger partial charge is 0.461 e. The summed E-state index contributed by atoms with van der Waals surface area (Å²) in [7, 11) is 0. The fraction of sp³-hybridized carbons (Fsp3) is 0.364. The molecule has 5 heteroatoms. The Morgan fingerprint density at radius 2 is 2.06 bits per heavy atom. The summed E-state index contributed by atoms with van der Waals surface area (Å²) in [6.45, 7) is 2.72. The number of carbonyl (C=O) groups is 1. The van der Waals surface area contributed by atoms with Crippen molar-refractivity contribution in [2.75, 3.05) is 6.61 Å². The Labute approximate surface area is 91.0 Å². The highest BCUT2D eigenvalue weighted by atomic mass is 19.3. The summed E-state index contributed by atoms with van der Waals surface area (Å²) in [5, 5.41) is 0. The van der Waals surface area contributed by atoms with Crippen molar-refractivity contribution in [2.45, 2.75) is 19.8 Å². The van der Waals surface area contributed by atoms with Gasteiger partial charge in [0.1, 0.15) is 5.82 Å². The normalized spacial score (nSPS) is 11.3. The van der Waals surface area contributed by atoms with Gasteiger partial charge >= 0.3 is 11.9 Å². The van der Waals surface area contributed by atoms with Gasteiger partial charge in [0.15, 0.2) is 0 Å². The number of hydrogen-bond donors (Lipinski definition) is 0. The number of halogens is 3. The Hall–Kier alpha value is -1.52. The second-order valence-corrected chi connectivity index (χ2v) is 3.26. The van der Waals surface area contributed by atoms with Gasteiger partial charge in [0.2, 0.25) is 0 Å². The van der Waals surface area contributed by atoms with Crippen molar-refractivity contribution in [3.05, 3.63) is 35.1 Å². The van der Waals surface area contributed by atoms with Crippen LogP contribution in [-0.2, 0) is 15.5 Å². The predicted molar refractivity (Wildman–Crippen MR) is 51.7 cm³/mol. The molecular weight excluding hydrogens is 221 g/mol. The van der Waals surface area contributed by atoms with Crippen LogP contribution in [0.25, 0.3) is 0 Å². The summed E-state index contributed by atoms with van der Waals surface area (Å²) in [4.78, 5) is 11.0. The Morgan fingerprint density at radius 3 is 2.56 bits per heavy atom. The summed E-state index contributed by atoms with van der Waals surface area (Å²) < 4.78 is 44.1. The third kappa shape index (κ3) is 2.35. The molecule has 0 unspecified atom stereocenters. The number of carbonyl (C=O) groups excluding carboxylic acids is 1. The van der Waals surface area contributed by atoms with E-state index >= 15 is 0 Å². The molecule has 0 aliphatic heterocycles. The molecule has 0 saturated carbocycles. The van der Waals surface area contributed by atoms with Gasteiger partial charge in [-0.2, -0.15) is 8.78 Å². The third-order valence-electron chi connectivity index (χ3n) is 2.07. The SMILES string of the molecule is CCOC(=O)C(F)(F)c1ccc(C)c(F)c1. The van der Waals surface area contributed by atoms with Crippen molar-refractivity contribution in [3.8, 4) is 0 Å².